The van der Waals surface area contributed by atoms with E-state index in [0.717, 1.165) is 13.0 Å². The van der Waals surface area contributed by atoms with E-state index in [1.54, 1.807) is 0 Å². The standard InChI is InChI=1S/C6H16N2O/c1-6(9-7)4-5-8(2)3/h6H,4-5,7H2,1-3H3. The van der Waals surface area contributed by atoms with Gasteiger partial charge < -0.3 is 9.74 Å². The van der Waals surface area contributed by atoms with E-state index in [9.17, 15) is 0 Å². The molecule has 0 aliphatic heterocycles. The normalized spacial score (nSPS) is 14.3. The molecule has 2 N–H and O–H groups in total. The van der Waals surface area contributed by atoms with Gasteiger partial charge in [-0.05, 0) is 27.4 Å². The van der Waals surface area contributed by atoms with Crippen LogP contribution in [0.5, 0.6) is 0 Å². The third kappa shape index (κ3) is 5.76. The van der Waals surface area contributed by atoms with Crippen molar-refractivity contribution >= 4 is 0 Å². The molecule has 0 amide bonds. The highest BCUT2D eigenvalue weighted by atomic mass is 16.6. The molecule has 0 spiro atoms. The highest BCUT2D eigenvalue weighted by molar-refractivity contribution is 4.50. The first-order valence-electron chi connectivity index (χ1n) is 3.17. The van der Waals surface area contributed by atoms with Gasteiger partial charge >= 0.3 is 0 Å². The zero-order valence-corrected chi connectivity index (χ0v) is 6.42. The Bertz CT molecular complexity index is 66.1. The van der Waals surface area contributed by atoms with E-state index < -0.39 is 0 Å². The molecule has 1 atom stereocenters. The second-order valence-electron chi connectivity index (χ2n) is 2.54. The molecule has 9 heavy (non-hydrogen) atoms. The summed E-state index contributed by atoms with van der Waals surface area (Å²) in [4.78, 5) is 6.68. The van der Waals surface area contributed by atoms with Gasteiger partial charge in [0, 0.05) is 6.54 Å². The lowest BCUT2D eigenvalue weighted by atomic mass is 10.3. The van der Waals surface area contributed by atoms with Crippen molar-refractivity contribution in [1.29, 1.82) is 0 Å². The monoisotopic (exact) mass is 132 g/mol. The number of rotatable bonds is 4. The third-order valence-electron chi connectivity index (χ3n) is 1.22. The van der Waals surface area contributed by atoms with Gasteiger partial charge in [-0.15, -0.1) is 0 Å². The van der Waals surface area contributed by atoms with E-state index in [1.807, 2.05) is 21.0 Å². The van der Waals surface area contributed by atoms with E-state index >= 15 is 0 Å². The Morgan fingerprint density at radius 2 is 2.11 bits per heavy atom. The summed E-state index contributed by atoms with van der Waals surface area (Å²) in [5.74, 6) is 4.94. The quantitative estimate of drug-likeness (QED) is 0.556. The number of nitrogens with two attached hydrogens (primary N) is 1. The first-order valence-corrected chi connectivity index (χ1v) is 3.17. The van der Waals surface area contributed by atoms with Gasteiger partial charge in [-0.25, -0.2) is 5.90 Å². The zero-order valence-electron chi connectivity index (χ0n) is 6.42. The minimum absolute atomic E-state index is 0.174. The Hall–Kier alpha value is -0.120. The summed E-state index contributed by atoms with van der Waals surface area (Å²) in [6, 6.07) is 0. The molecule has 0 aliphatic carbocycles. The van der Waals surface area contributed by atoms with Crippen molar-refractivity contribution in [2.45, 2.75) is 19.4 Å². The van der Waals surface area contributed by atoms with Crippen LogP contribution in [0.1, 0.15) is 13.3 Å². The molecule has 3 nitrogen and oxygen atoms in total. The molecule has 0 aliphatic rings. The van der Waals surface area contributed by atoms with Gasteiger partial charge in [0.05, 0.1) is 6.10 Å². The van der Waals surface area contributed by atoms with Gasteiger partial charge in [0.25, 0.3) is 0 Å². The van der Waals surface area contributed by atoms with Crippen molar-refractivity contribution in [3.63, 3.8) is 0 Å². The summed E-state index contributed by atoms with van der Waals surface area (Å²) in [5.41, 5.74) is 0. The molecule has 0 aromatic rings. The van der Waals surface area contributed by atoms with Crippen LogP contribution in [0.25, 0.3) is 0 Å². The van der Waals surface area contributed by atoms with E-state index in [2.05, 4.69) is 9.74 Å². The minimum Gasteiger partial charge on any atom is -0.309 e. The van der Waals surface area contributed by atoms with Crippen LogP contribution >= 0.6 is 0 Å². The Labute approximate surface area is 56.7 Å². The second kappa shape index (κ2) is 4.73. The maximum Gasteiger partial charge on any atom is 0.0771 e. The van der Waals surface area contributed by atoms with Crippen molar-refractivity contribution in [3.05, 3.63) is 0 Å². The Morgan fingerprint density at radius 1 is 1.56 bits per heavy atom. The maximum absolute atomic E-state index is 4.94. The predicted molar refractivity (Wildman–Crippen MR) is 37.9 cm³/mol. The highest BCUT2D eigenvalue weighted by Crippen LogP contribution is 1.93. The number of hydrogen-bond donors (Lipinski definition) is 1. The number of nitrogens with zero attached hydrogens (tertiary/aromatic N) is 1. The molecule has 3 heteroatoms. The summed E-state index contributed by atoms with van der Waals surface area (Å²) in [6.07, 6.45) is 1.16. The van der Waals surface area contributed by atoms with E-state index in [-0.39, 0.29) is 6.10 Å². The first kappa shape index (κ1) is 8.88. The Morgan fingerprint density at radius 3 is 2.44 bits per heavy atom. The van der Waals surface area contributed by atoms with E-state index in [0.29, 0.717) is 0 Å². The topological polar surface area (TPSA) is 38.5 Å². The van der Waals surface area contributed by atoms with Crippen molar-refractivity contribution in [3.8, 4) is 0 Å². The molecule has 0 heterocycles. The van der Waals surface area contributed by atoms with Crippen LogP contribution in [-0.4, -0.2) is 31.6 Å². The van der Waals surface area contributed by atoms with Crippen LogP contribution in [0.4, 0.5) is 0 Å². The van der Waals surface area contributed by atoms with Crippen molar-refractivity contribution in [1.82, 2.24) is 4.90 Å². The average Bonchev–Trinajstić information content (AvgIpc) is 1.83. The molecule has 0 fully saturated rings. The van der Waals surface area contributed by atoms with Gasteiger partial charge in [-0.1, -0.05) is 0 Å². The average molecular weight is 132 g/mol. The summed E-state index contributed by atoms with van der Waals surface area (Å²) >= 11 is 0. The van der Waals surface area contributed by atoms with E-state index in [4.69, 9.17) is 5.90 Å². The molecule has 0 aromatic carbocycles. The smallest absolute Gasteiger partial charge is 0.0771 e. The fourth-order valence-corrected chi connectivity index (χ4v) is 0.508. The molecule has 0 saturated carbocycles. The maximum atomic E-state index is 4.94. The van der Waals surface area contributed by atoms with Gasteiger partial charge in [0.15, 0.2) is 0 Å². The van der Waals surface area contributed by atoms with Crippen molar-refractivity contribution in [2.75, 3.05) is 20.6 Å². The van der Waals surface area contributed by atoms with Gasteiger partial charge in [-0.2, -0.15) is 0 Å². The molecule has 0 radical (unpaired) electrons. The van der Waals surface area contributed by atoms with Crippen LogP contribution in [0.2, 0.25) is 0 Å². The Balaban J connectivity index is 3.06. The summed E-state index contributed by atoms with van der Waals surface area (Å²) in [5, 5.41) is 0. The molecule has 0 saturated heterocycles. The van der Waals surface area contributed by atoms with Crippen LogP contribution in [-0.2, 0) is 4.84 Å². The lowest BCUT2D eigenvalue weighted by Gasteiger charge is -2.12. The molecular weight excluding hydrogens is 116 g/mol. The fraction of sp³-hybridized carbons (Fsp3) is 1.00. The van der Waals surface area contributed by atoms with Crippen LogP contribution in [0, 0.1) is 0 Å². The first-order chi connectivity index (χ1) is 4.16. The zero-order chi connectivity index (χ0) is 7.28. The summed E-state index contributed by atoms with van der Waals surface area (Å²) in [7, 11) is 4.06. The fourth-order valence-electron chi connectivity index (χ4n) is 0.508. The number of hydrogen-bond acceptors (Lipinski definition) is 3. The third-order valence-corrected chi connectivity index (χ3v) is 1.22. The van der Waals surface area contributed by atoms with Gasteiger partial charge in [-0.3, -0.25) is 0 Å². The lowest BCUT2D eigenvalue weighted by molar-refractivity contribution is 0.0558. The van der Waals surface area contributed by atoms with Gasteiger partial charge in [0.1, 0.15) is 0 Å². The molecular formula is C6H16N2O. The van der Waals surface area contributed by atoms with Crippen molar-refractivity contribution in [2.24, 2.45) is 5.90 Å². The van der Waals surface area contributed by atoms with Crippen molar-refractivity contribution < 1.29 is 4.84 Å². The Kier molecular flexibility index (Phi) is 4.67. The summed E-state index contributed by atoms with van der Waals surface area (Å²) < 4.78 is 0. The minimum atomic E-state index is 0.174. The van der Waals surface area contributed by atoms with Crippen LogP contribution in [0.3, 0.4) is 0 Å². The molecule has 0 aromatic heterocycles. The molecule has 0 rings (SSSR count). The summed E-state index contributed by atoms with van der Waals surface area (Å²) in [6.45, 7) is 2.99. The molecule has 56 valence electrons. The predicted octanol–water partition coefficient (Wildman–Crippen LogP) is 0.217. The second-order valence-corrected chi connectivity index (χ2v) is 2.54. The largest absolute Gasteiger partial charge is 0.309 e. The van der Waals surface area contributed by atoms with Crippen LogP contribution < -0.4 is 5.90 Å². The van der Waals surface area contributed by atoms with E-state index in [1.165, 1.54) is 0 Å². The van der Waals surface area contributed by atoms with Gasteiger partial charge in [0.2, 0.25) is 0 Å². The molecule has 1 unspecified atom stereocenters. The SMILES string of the molecule is CC(CCN(C)C)ON. The molecule has 0 bridgehead atoms. The van der Waals surface area contributed by atoms with Crippen LogP contribution in [0.15, 0.2) is 0 Å². The lowest BCUT2D eigenvalue weighted by Crippen LogP contribution is -2.21. The highest BCUT2D eigenvalue weighted by Gasteiger charge is 1.99.